The van der Waals surface area contributed by atoms with Gasteiger partial charge in [-0.05, 0) is 25.7 Å². The van der Waals surface area contributed by atoms with Crippen LogP contribution < -0.4 is 10.6 Å². The third-order valence-electron chi connectivity index (χ3n) is 3.10. The molecule has 0 radical (unpaired) electrons. The number of nitrogens with one attached hydrogen (secondary N) is 2. The number of carboxylic acids is 1. The second-order valence-electron chi connectivity index (χ2n) is 5.13. The van der Waals surface area contributed by atoms with Crippen molar-refractivity contribution in [3.05, 3.63) is 16.1 Å². The molecule has 1 aromatic rings. The largest absolute Gasteiger partial charge is 0.481 e. The molecular formula is C14H23N3O3S. The molecule has 0 saturated heterocycles. The van der Waals surface area contributed by atoms with Crippen molar-refractivity contribution in [2.45, 2.75) is 46.1 Å². The summed E-state index contributed by atoms with van der Waals surface area (Å²) in [6.45, 7) is 6.34. The molecule has 0 aliphatic rings. The number of aliphatic carboxylic acids is 1. The van der Waals surface area contributed by atoms with Crippen molar-refractivity contribution in [2.24, 2.45) is 5.92 Å². The molecule has 0 saturated carbocycles. The number of carboxylic acid groups (broad SMARTS) is 1. The first kappa shape index (κ1) is 17.4. The zero-order chi connectivity index (χ0) is 15.8. The van der Waals surface area contributed by atoms with Crippen LogP contribution in [0.15, 0.2) is 6.20 Å². The normalized spacial score (nSPS) is 13.5. The Balaban J connectivity index is 2.31. The molecule has 0 bridgehead atoms. The summed E-state index contributed by atoms with van der Waals surface area (Å²) in [5.41, 5.74) is 0. The lowest BCUT2D eigenvalue weighted by molar-refractivity contribution is -0.137. The summed E-state index contributed by atoms with van der Waals surface area (Å²) in [5.74, 6) is -0.677. The number of hydrogen-bond donors (Lipinski definition) is 3. The number of amides is 2. The highest BCUT2D eigenvalue weighted by Gasteiger charge is 2.13. The summed E-state index contributed by atoms with van der Waals surface area (Å²) in [4.78, 5) is 27.7. The standard InChI is InChI=1S/C14H23N3O3S/c1-4-11-8-15-13(21-11)10(3)17-14(20)16-7-9(2)5-6-12(18)19/h8-10H,4-7H2,1-3H3,(H,18,19)(H2,16,17,20). The van der Waals surface area contributed by atoms with E-state index < -0.39 is 5.97 Å². The molecule has 1 rings (SSSR count). The van der Waals surface area contributed by atoms with E-state index in [1.165, 1.54) is 4.88 Å². The van der Waals surface area contributed by atoms with Gasteiger partial charge in [-0.25, -0.2) is 9.78 Å². The number of carbonyl (C=O) groups is 2. The van der Waals surface area contributed by atoms with Gasteiger partial charge in [-0.3, -0.25) is 4.79 Å². The van der Waals surface area contributed by atoms with E-state index in [1.54, 1.807) is 11.3 Å². The molecule has 6 nitrogen and oxygen atoms in total. The fourth-order valence-electron chi connectivity index (χ4n) is 1.73. The van der Waals surface area contributed by atoms with E-state index in [0.29, 0.717) is 13.0 Å². The van der Waals surface area contributed by atoms with Crippen molar-refractivity contribution < 1.29 is 14.7 Å². The van der Waals surface area contributed by atoms with Gasteiger partial charge >= 0.3 is 12.0 Å². The minimum Gasteiger partial charge on any atom is -0.481 e. The van der Waals surface area contributed by atoms with E-state index in [1.807, 2.05) is 20.0 Å². The zero-order valence-corrected chi connectivity index (χ0v) is 13.5. The van der Waals surface area contributed by atoms with Crippen molar-refractivity contribution in [1.82, 2.24) is 15.6 Å². The number of aryl methyl sites for hydroxylation is 1. The van der Waals surface area contributed by atoms with Crippen LogP contribution in [0.2, 0.25) is 0 Å². The van der Waals surface area contributed by atoms with E-state index in [4.69, 9.17) is 5.11 Å². The molecule has 1 aromatic heterocycles. The fraction of sp³-hybridized carbons (Fsp3) is 0.643. The predicted octanol–water partition coefficient (Wildman–Crippen LogP) is 2.57. The van der Waals surface area contributed by atoms with Gasteiger partial charge in [0, 0.05) is 24.0 Å². The van der Waals surface area contributed by atoms with Crippen LogP contribution in [-0.4, -0.2) is 28.6 Å². The maximum atomic E-state index is 11.8. The lowest BCUT2D eigenvalue weighted by Gasteiger charge is -2.15. The summed E-state index contributed by atoms with van der Waals surface area (Å²) in [6, 6.07) is -0.387. The van der Waals surface area contributed by atoms with Crippen LogP contribution >= 0.6 is 11.3 Å². The average molecular weight is 313 g/mol. The Morgan fingerprint density at radius 3 is 2.71 bits per heavy atom. The smallest absolute Gasteiger partial charge is 0.315 e. The minimum absolute atomic E-state index is 0.125. The minimum atomic E-state index is -0.810. The number of thiazole rings is 1. The van der Waals surface area contributed by atoms with Gasteiger partial charge in [0.05, 0.1) is 6.04 Å². The van der Waals surface area contributed by atoms with Gasteiger partial charge in [-0.15, -0.1) is 11.3 Å². The van der Waals surface area contributed by atoms with Crippen molar-refractivity contribution >= 4 is 23.3 Å². The SMILES string of the molecule is CCc1cnc(C(C)NC(=O)NCC(C)CCC(=O)O)s1. The molecule has 0 aromatic carbocycles. The second-order valence-corrected chi connectivity index (χ2v) is 6.28. The summed E-state index contributed by atoms with van der Waals surface area (Å²) in [6.07, 6.45) is 3.46. The first-order valence-corrected chi connectivity index (χ1v) is 7.94. The van der Waals surface area contributed by atoms with E-state index in [9.17, 15) is 9.59 Å². The summed E-state index contributed by atoms with van der Waals surface area (Å²) in [5, 5.41) is 15.1. The van der Waals surface area contributed by atoms with Gasteiger partial charge in [0.1, 0.15) is 5.01 Å². The molecule has 2 unspecified atom stereocenters. The van der Waals surface area contributed by atoms with Gasteiger partial charge < -0.3 is 15.7 Å². The van der Waals surface area contributed by atoms with Crippen LogP contribution in [0.1, 0.15) is 49.5 Å². The first-order valence-electron chi connectivity index (χ1n) is 7.13. The van der Waals surface area contributed by atoms with Crippen molar-refractivity contribution in [3.63, 3.8) is 0 Å². The Labute approximate surface area is 129 Å². The highest BCUT2D eigenvalue weighted by molar-refractivity contribution is 7.11. The summed E-state index contributed by atoms with van der Waals surface area (Å²) in [7, 11) is 0. The van der Waals surface area contributed by atoms with E-state index in [0.717, 1.165) is 11.4 Å². The highest BCUT2D eigenvalue weighted by Crippen LogP contribution is 2.19. The van der Waals surface area contributed by atoms with Crippen LogP contribution in [-0.2, 0) is 11.2 Å². The van der Waals surface area contributed by atoms with Gasteiger partial charge in [-0.1, -0.05) is 13.8 Å². The Morgan fingerprint density at radius 1 is 1.43 bits per heavy atom. The molecule has 0 aliphatic carbocycles. The Morgan fingerprint density at radius 2 is 2.14 bits per heavy atom. The second kappa shape index (κ2) is 8.61. The fourth-order valence-corrected chi connectivity index (χ4v) is 2.59. The van der Waals surface area contributed by atoms with Gasteiger partial charge in [-0.2, -0.15) is 0 Å². The van der Waals surface area contributed by atoms with E-state index in [-0.39, 0.29) is 24.4 Å². The predicted molar refractivity (Wildman–Crippen MR) is 82.5 cm³/mol. The number of rotatable bonds is 8. The van der Waals surface area contributed by atoms with Crippen LogP contribution in [0.3, 0.4) is 0 Å². The molecule has 7 heteroatoms. The molecular weight excluding hydrogens is 290 g/mol. The maximum absolute atomic E-state index is 11.8. The molecule has 2 atom stereocenters. The lowest BCUT2D eigenvalue weighted by atomic mass is 10.1. The molecule has 2 amide bonds. The van der Waals surface area contributed by atoms with Crippen LogP contribution in [0.25, 0.3) is 0 Å². The van der Waals surface area contributed by atoms with Crippen molar-refractivity contribution in [1.29, 1.82) is 0 Å². The maximum Gasteiger partial charge on any atom is 0.315 e. The zero-order valence-electron chi connectivity index (χ0n) is 12.7. The van der Waals surface area contributed by atoms with Crippen LogP contribution in [0.4, 0.5) is 4.79 Å². The third kappa shape index (κ3) is 6.57. The molecule has 1 heterocycles. The third-order valence-corrected chi connectivity index (χ3v) is 4.42. The Bertz CT molecular complexity index is 476. The number of hydrogen-bond acceptors (Lipinski definition) is 4. The molecule has 3 N–H and O–H groups in total. The van der Waals surface area contributed by atoms with Crippen molar-refractivity contribution in [3.8, 4) is 0 Å². The topological polar surface area (TPSA) is 91.3 Å². The molecule has 118 valence electrons. The van der Waals surface area contributed by atoms with Crippen molar-refractivity contribution in [2.75, 3.05) is 6.54 Å². The summed E-state index contributed by atoms with van der Waals surface area (Å²) >= 11 is 1.60. The summed E-state index contributed by atoms with van der Waals surface area (Å²) < 4.78 is 0. The first-order chi connectivity index (χ1) is 9.92. The number of urea groups is 1. The van der Waals surface area contributed by atoms with Gasteiger partial charge in [0.2, 0.25) is 0 Å². The van der Waals surface area contributed by atoms with Crippen LogP contribution in [0, 0.1) is 5.92 Å². The Kier molecular flexibility index (Phi) is 7.14. The lowest BCUT2D eigenvalue weighted by Crippen LogP contribution is -2.39. The Hall–Kier alpha value is -1.63. The van der Waals surface area contributed by atoms with Gasteiger partial charge in [0.25, 0.3) is 0 Å². The molecule has 0 fully saturated rings. The number of carbonyl (C=O) groups excluding carboxylic acids is 1. The molecule has 21 heavy (non-hydrogen) atoms. The van der Waals surface area contributed by atoms with E-state index >= 15 is 0 Å². The molecule has 0 aliphatic heterocycles. The van der Waals surface area contributed by atoms with E-state index in [2.05, 4.69) is 22.5 Å². The monoisotopic (exact) mass is 313 g/mol. The van der Waals surface area contributed by atoms with Crippen LogP contribution in [0.5, 0.6) is 0 Å². The quantitative estimate of drug-likeness (QED) is 0.688. The highest BCUT2D eigenvalue weighted by atomic mass is 32.1. The van der Waals surface area contributed by atoms with Gasteiger partial charge in [0.15, 0.2) is 0 Å². The average Bonchev–Trinajstić information content (AvgIpc) is 2.91. The number of aromatic nitrogens is 1. The molecule has 0 spiro atoms. The number of nitrogens with zero attached hydrogens (tertiary/aromatic N) is 1.